The minimum atomic E-state index is -3.47. The molecular weight excluding hydrogens is 575 g/mol. The highest BCUT2D eigenvalue weighted by atomic mass is 35.5. The first-order chi connectivity index (χ1) is 18.1. The fraction of sp³-hybridized carbons (Fsp3) is 0.500. The lowest BCUT2D eigenvalue weighted by Crippen LogP contribution is -2.39. The van der Waals surface area contributed by atoms with Crippen LogP contribution in [0.1, 0.15) is 27.0 Å². The summed E-state index contributed by atoms with van der Waals surface area (Å²) in [5.74, 6) is -0.114. The highest BCUT2D eigenvalue weighted by Crippen LogP contribution is 2.53. The summed E-state index contributed by atoms with van der Waals surface area (Å²) in [6, 6.07) is 7.00. The van der Waals surface area contributed by atoms with Crippen LogP contribution in [0.25, 0.3) is 11.2 Å². The molecule has 0 amide bonds. The molecule has 2 fully saturated rings. The van der Waals surface area contributed by atoms with E-state index >= 15 is 0 Å². The Labute approximate surface area is 233 Å². The Balaban J connectivity index is 0.000000426. The Kier molecular flexibility index (Phi) is 9.51. The fourth-order valence-corrected chi connectivity index (χ4v) is 6.59. The number of ether oxygens (including phenoxy) is 1. The summed E-state index contributed by atoms with van der Waals surface area (Å²) in [7, 11) is 0. The number of fused-ring (bicyclic) bond motifs is 2. The van der Waals surface area contributed by atoms with Crippen molar-refractivity contribution in [1.82, 2.24) is 24.4 Å². The van der Waals surface area contributed by atoms with Crippen molar-refractivity contribution in [1.29, 1.82) is 0 Å². The maximum absolute atomic E-state index is 12.4. The van der Waals surface area contributed by atoms with Crippen LogP contribution in [-0.4, -0.2) is 79.0 Å². The number of rotatable bonds is 6. The molecule has 12 nitrogen and oxygen atoms in total. The van der Waals surface area contributed by atoms with E-state index < -0.39 is 36.8 Å². The number of nitrogens with zero attached hydrogens (tertiary/aromatic N) is 4. The van der Waals surface area contributed by atoms with E-state index in [1.54, 1.807) is 24.3 Å². The van der Waals surface area contributed by atoms with Gasteiger partial charge in [-0.1, -0.05) is 44.1 Å². The van der Waals surface area contributed by atoms with E-state index in [1.807, 2.05) is 0 Å². The number of aromatic amines is 1. The molecule has 0 aliphatic carbocycles. The molecule has 0 radical (unpaired) electrons. The molecule has 5 N–H and O–H groups in total. The molecule has 2 saturated heterocycles. The van der Waals surface area contributed by atoms with E-state index in [1.165, 1.54) is 36.0 Å². The molecule has 2 aliphatic heterocycles. The molecule has 1 unspecified atom stereocenters. The highest BCUT2D eigenvalue weighted by Gasteiger charge is 2.52. The molecule has 16 heteroatoms. The second kappa shape index (κ2) is 12.3. The summed E-state index contributed by atoms with van der Waals surface area (Å²) in [4.78, 5) is 36.6. The summed E-state index contributed by atoms with van der Waals surface area (Å²) in [6.07, 6.45) is -3.89. The minimum absolute atomic E-state index is 0.0285. The zero-order chi connectivity index (χ0) is 27.6. The van der Waals surface area contributed by atoms with E-state index in [4.69, 9.17) is 42.9 Å². The van der Waals surface area contributed by atoms with Gasteiger partial charge in [-0.2, -0.15) is 4.98 Å². The molecule has 5 atom stereocenters. The van der Waals surface area contributed by atoms with Crippen LogP contribution in [0.2, 0.25) is 5.02 Å². The van der Waals surface area contributed by atoms with Crippen LogP contribution >= 0.6 is 30.1 Å². The van der Waals surface area contributed by atoms with E-state index in [9.17, 15) is 14.8 Å². The number of aliphatic hydroxyl groups excluding tert-OH is 1. The minimum Gasteiger partial charge on any atom is -0.386 e. The summed E-state index contributed by atoms with van der Waals surface area (Å²) >= 11 is 12.1. The number of nitrogens with one attached hydrogen (secondary N) is 1. The van der Waals surface area contributed by atoms with E-state index in [0.717, 1.165) is 4.90 Å². The maximum Gasteiger partial charge on any atom is 0.325 e. The van der Waals surface area contributed by atoms with Gasteiger partial charge in [-0.25, -0.2) is 4.98 Å². The van der Waals surface area contributed by atoms with Crippen LogP contribution in [0, 0.1) is 0 Å². The van der Waals surface area contributed by atoms with Gasteiger partial charge in [0.2, 0.25) is 5.95 Å². The van der Waals surface area contributed by atoms with Crippen LogP contribution in [-0.2, 0) is 25.6 Å². The van der Waals surface area contributed by atoms with Gasteiger partial charge in [-0.05, 0) is 55.7 Å². The standard InChI is InChI=1S/C16H15ClN5O6PS2.C6H15N/c17-6-1-3-7(4-2-6)31-16-19-9-12(20-15(18)21-13(9)24)22(16)14-10(23)11-8(27-14)5-26-29(25,30)28-11;1-4-7(5-2)6-3/h1-4,8,10-11,14,23H,5H2,(H,25,30)(H3,18,20,21,24);4-6H2,1-3H3/t8-,10-,11+,14-,29?;/m1./s1. The topological polar surface area (TPSA) is 161 Å². The first-order valence-electron chi connectivity index (χ1n) is 12.0. The van der Waals surface area contributed by atoms with Gasteiger partial charge in [0.25, 0.3) is 5.56 Å². The van der Waals surface area contributed by atoms with Crippen molar-refractivity contribution in [2.45, 2.75) is 55.4 Å². The van der Waals surface area contributed by atoms with Crippen LogP contribution in [0.4, 0.5) is 5.95 Å². The lowest BCUT2D eigenvalue weighted by atomic mass is 10.1. The number of nitrogens with two attached hydrogens (primary N) is 1. The van der Waals surface area contributed by atoms with Crippen molar-refractivity contribution in [2.75, 3.05) is 32.0 Å². The Morgan fingerprint density at radius 3 is 2.53 bits per heavy atom. The van der Waals surface area contributed by atoms with Gasteiger partial charge in [0, 0.05) is 9.92 Å². The summed E-state index contributed by atoms with van der Waals surface area (Å²) < 4.78 is 18.0. The normalized spacial score (nSPS) is 26.8. The Hall–Kier alpha value is -1.58. The van der Waals surface area contributed by atoms with Crippen LogP contribution in [0.5, 0.6) is 0 Å². The third-order valence-corrected chi connectivity index (χ3v) is 8.91. The molecule has 0 bridgehead atoms. The second-order valence-electron chi connectivity index (χ2n) is 8.45. The van der Waals surface area contributed by atoms with E-state index in [-0.39, 0.29) is 23.7 Å². The van der Waals surface area contributed by atoms with E-state index in [0.29, 0.717) is 10.2 Å². The predicted octanol–water partition coefficient (Wildman–Crippen LogP) is 2.75. The smallest absolute Gasteiger partial charge is 0.325 e. The summed E-state index contributed by atoms with van der Waals surface area (Å²) in [6.45, 7) is 6.61. The molecule has 2 aliphatic rings. The largest absolute Gasteiger partial charge is 0.386 e. The molecule has 0 saturated carbocycles. The van der Waals surface area contributed by atoms with Crippen molar-refractivity contribution < 1.29 is 23.8 Å². The van der Waals surface area contributed by atoms with Crippen LogP contribution < -0.4 is 11.3 Å². The Morgan fingerprint density at radius 1 is 1.26 bits per heavy atom. The Morgan fingerprint density at radius 2 is 1.92 bits per heavy atom. The average Bonchev–Trinajstić information content (AvgIpc) is 3.38. The number of benzene rings is 1. The third-order valence-electron chi connectivity index (χ3n) is 6.12. The summed E-state index contributed by atoms with van der Waals surface area (Å²) in [5, 5.41) is 11.8. The molecule has 38 heavy (non-hydrogen) atoms. The third kappa shape index (κ3) is 6.41. The van der Waals surface area contributed by atoms with E-state index in [2.05, 4.69) is 40.6 Å². The summed E-state index contributed by atoms with van der Waals surface area (Å²) in [5.41, 5.74) is 5.36. The van der Waals surface area contributed by atoms with Crippen molar-refractivity contribution in [3.8, 4) is 0 Å². The number of H-pyrrole nitrogens is 1. The number of aromatic nitrogens is 4. The number of aliphatic hydroxyl groups is 1. The van der Waals surface area contributed by atoms with Crippen LogP contribution in [0.15, 0.2) is 39.1 Å². The number of nitrogen functional groups attached to an aromatic ring is 1. The quantitative estimate of drug-likeness (QED) is 0.305. The predicted molar refractivity (Wildman–Crippen MR) is 149 cm³/mol. The number of hydrogen-bond donors (Lipinski definition) is 4. The SMILES string of the molecule is CCN(CC)CC.Nc1nc2c(nc(Sc3ccc(Cl)cc3)n2[C@@H]2O[C@@H]3COP(O)(=S)O[C@@H]3[C@H]2O)c(=O)[nH]1. The average molecular weight is 605 g/mol. The van der Waals surface area contributed by atoms with Gasteiger partial charge in [-0.15, -0.1) is 0 Å². The monoisotopic (exact) mass is 604 g/mol. The van der Waals surface area contributed by atoms with Crippen molar-refractivity contribution >= 4 is 59.0 Å². The van der Waals surface area contributed by atoms with Gasteiger partial charge < -0.3 is 29.9 Å². The maximum atomic E-state index is 12.4. The molecule has 208 valence electrons. The lowest BCUT2D eigenvalue weighted by Gasteiger charge is -2.30. The number of imidazole rings is 1. The second-order valence-corrected chi connectivity index (χ2v) is 12.7. The molecule has 3 aromatic rings. The number of anilines is 1. The molecular formula is C22H30ClN6O6PS2. The highest BCUT2D eigenvalue weighted by molar-refractivity contribution is 8.07. The van der Waals surface area contributed by atoms with Crippen molar-refractivity contribution in [3.05, 3.63) is 39.6 Å². The van der Waals surface area contributed by atoms with Crippen molar-refractivity contribution in [2.24, 2.45) is 0 Å². The molecule has 4 heterocycles. The van der Waals surface area contributed by atoms with Gasteiger partial charge >= 0.3 is 6.72 Å². The number of halogens is 1. The zero-order valence-electron chi connectivity index (χ0n) is 21.0. The number of hydrogen-bond acceptors (Lipinski definition) is 11. The lowest BCUT2D eigenvalue weighted by molar-refractivity contribution is -0.0619. The fourth-order valence-electron chi connectivity index (χ4n) is 4.11. The van der Waals surface area contributed by atoms with Gasteiger partial charge in [-0.3, -0.25) is 18.9 Å². The van der Waals surface area contributed by atoms with Gasteiger partial charge in [0.05, 0.1) is 6.61 Å². The molecule has 2 aromatic heterocycles. The first-order valence-corrected chi connectivity index (χ1v) is 15.8. The Bertz CT molecular complexity index is 1370. The van der Waals surface area contributed by atoms with Crippen molar-refractivity contribution in [3.63, 3.8) is 0 Å². The molecule has 1 aromatic carbocycles. The first kappa shape index (κ1) is 29.4. The molecule has 5 rings (SSSR count). The van der Waals surface area contributed by atoms with Crippen LogP contribution in [0.3, 0.4) is 0 Å². The zero-order valence-corrected chi connectivity index (χ0v) is 24.3. The van der Waals surface area contributed by atoms with Gasteiger partial charge in [0.1, 0.15) is 18.3 Å². The molecule has 0 spiro atoms. The van der Waals surface area contributed by atoms with Gasteiger partial charge in [0.15, 0.2) is 22.5 Å².